The van der Waals surface area contributed by atoms with Gasteiger partial charge in [0.25, 0.3) is 0 Å². The maximum atomic E-state index is 11.1. The van der Waals surface area contributed by atoms with Crippen LogP contribution in [0.4, 0.5) is 0 Å². The predicted octanol–water partition coefficient (Wildman–Crippen LogP) is 2.00. The molecule has 1 heterocycles. The molecule has 0 spiro atoms. The maximum Gasteiger partial charge on any atom is 0.172 e. The van der Waals surface area contributed by atoms with E-state index in [4.69, 9.17) is 14.2 Å². The van der Waals surface area contributed by atoms with E-state index in [2.05, 4.69) is 4.90 Å². The number of hydrogen-bond donors (Lipinski definition) is 0. The lowest BCUT2D eigenvalue weighted by molar-refractivity contribution is 0.0325. The molecule has 116 valence electrons. The van der Waals surface area contributed by atoms with Crippen LogP contribution < -0.4 is 9.47 Å². The molecule has 1 atom stereocenters. The van der Waals surface area contributed by atoms with Crippen LogP contribution in [0.15, 0.2) is 18.2 Å². The Morgan fingerprint density at radius 3 is 2.81 bits per heavy atom. The van der Waals surface area contributed by atoms with Gasteiger partial charge in [-0.2, -0.15) is 0 Å². The number of rotatable bonds is 7. The van der Waals surface area contributed by atoms with Gasteiger partial charge in [0.2, 0.25) is 0 Å². The standard InChI is InChI=1S/C16H23NO4/c1-13(6-7-17-8-10-20-11-9-17)21-16-14(12-18)4-3-5-15(16)19-2/h3-5,12-13H,6-11H2,1-2H3. The molecule has 1 fully saturated rings. The summed E-state index contributed by atoms with van der Waals surface area (Å²) in [6, 6.07) is 5.32. The summed E-state index contributed by atoms with van der Waals surface area (Å²) in [5.74, 6) is 1.13. The van der Waals surface area contributed by atoms with Crippen molar-refractivity contribution in [2.75, 3.05) is 40.0 Å². The molecule has 5 nitrogen and oxygen atoms in total. The number of ether oxygens (including phenoxy) is 3. The third-order valence-electron chi connectivity index (χ3n) is 3.63. The second-order valence-electron chi connectivity index (χ2n) is 5.17. The van der Waals surface area contributed by atoms with E-state index in [9.17, 15) is 4.79 Å². The minimum atomic E-state index is 0.0165. The molecule has 0 saturated carbocycles. The van der Waals surface area contributed by atoms with Gasteiger partial charge in [-0.25, -0.2) is 0 Å². The summed E-state index contributed by atoms with van der Waals surface area (Å²) < 4.78 is 16.5. The number of carbonyl (C=O) groups excluding carboxylic acids is 1. The molecule has 2 rings (SSSR count). The lowest BCUT2D eigenvalue weighted by Crippen LogP contribution is -2.38. The molecule has 0 aromatic heterocycles. The van der Waals surface area contributed by atoms with Crippen molar-refractivity contribution in [1.29, 1.82) is 0 Å². The van der Waals surface area contributed by atoms with Crippen molar-refractivity contribution in [2.24, 2.45) is 0 Å². The zero-order valence-corrected chi connectivity index (χ0v) is 12.7. The summed E-state index contributed by atoms with van der Waals surface area (Å²) >= 11 is 0. The van der Waals surface area contributed by atoms with Crippen LogP contribution in [0.1, 0.15) is 23.7 Å². The van der Waals surface area contributed by atoms with Gasteiger partial charge in [-0.05, 0) is 25.5 Å². The van der Waals surface area contributed by atoms with Crippen molar-refractivity contribution in [3.8, 4) is 11.5 Å². The average Bonchev–Trinajstić information content (AvgIpc) is 2.54. The molecule has 5 heteroatoms. The zero-order chi connectivity index (χ0) is 15.1. The highest BCUT2D eigenvalue weighted by atomic mass is 16.5. The van der Waals surface area contributed by atoms with Gasteiger partial charge in [-0.15, -0.1) is 0 Å². The summed E-state index contributed by atoms with van der Waals surface area (Å²) in [5, 5.41) is 0. The summed E-state index contributed by atoms with van der Waals surface area (Å²) in [7, 11) is 1.58. The van der Waals surface area contributed by atoms with Crippen LogP contribution >= 0.6 is 0 Å². The lowest BCUT2D eigenvalue weighted by atomic mass is 10.2. The molecule has 1 aliphatic heterocycles. The molecule has 21 heavy (non-hydrogen) atoms. The Bertz CT molecular complexity index is 458. The second-order valence-corrected chi connectivity index (χ2v) is 5.17. The van der Waals surface area contributed by atoms with Crippen LogP contribution in [0.5, 0.6) is 11.5 Å². The summed E-state index contributed by atoms with van der Waals surface area (Å²) in [6.07, 6.45) is 1.71. The molecule has 1 aromatic carbocycles. The second kappa shape index (κ2) is 8.00. The van der Waals surface area contributed by atoms with Gasteiger partial charge in [0.1, 0.15) is 0 Å². The normalized spacial score (nSPS) is 17.2. The lowest BCUT2D eigenvalue weighted by Gasteiger charge is -2.28. The zero-order valence-electron chi connectivity index (χ0n) is 12.7. The van der Waals surface area contributed by atoms with Gasteiger partial charge in [0.15, 0.2) is 17.8 Å². The SMILES string of the molecule is COc1cccc(C=O)c1OC(C)CCN1CCOCC1. The topological polar surface area (TPSA) is 48.0 Å². The van der Waals surface area contributed by atoms with E-state index in [0.717, 1.165) is 45.6 Å². The van der Waals surface area contributed by atoms with Gasteiger partial charge < -0.3 is 14.2 Å². The first-order valence-electron chi connectivity index (χ1n) is 7.33. The van der Waals surface area contributed by atoms with Gasteiger partial charge in [-0.1, -0.05) is 6.07 Å². The Morgan fingerprint density at radius 2 is 2.14 bits per heavy atom. The van der Waals surface area contributed by atoms with E-state index in [1.807, 2.05) is 6.92 Å². The largest absolute Gasteiger partial charge is 0.493 e. The summed E-state index contributed by atoms with van der Waals surface area (Å²) in [5.41, 5.74) is 0.521. The number of hydrogen-bond acceptors (Lipinski definition) is 5. The third-order valence-corrected chi connectivity index (χ3v) is 3.63. The molecule has 1 saturated heterocycles. The Hall–Kier alpha value is -1.59. The smallest absolute Gasteiger partial charge is 0.172 e. The number of nitrogens with zero attached hydrogens (tertiary/aromatic N) is 1. The fourth-order valence-electron chi connectivity index (χ4n) is 2.36. The fourth-order valence-corrected chi connectivity index (χ4v) is 2.36. The van der Waals surface area contributed by atoms with Crippen LogP contribution in [0.3, 0.4) is 0 Å². The number of aldehydes is 1. The van der Waals surface area contributed by atoms with Gasteiger partial charge in [0.05, 0.1) is 32.0 Å². The average molecular weight is 293 g/mol. The highest BCUT2D eigenvalue weighted by Crippen LogP contribution is 2.31. The highest BCUT2D eigenvalue weighted by molar-refractivity contribution is 5.81. The summed E-state index contributed by atoms with van der Waals surface area (Å²) in [4.78, 5) is 13.5. The summed E-state index contributed by atoms with van der Waals surface area (Å²) in [6.45, 7) is 6.54. The van der Waals surface area contributed by atoms with Crippen LogP contribution in [-0.4, -0.2) is 57.2 Å². The van der Waals surface area contributed by atoms with Crippen molar-refractivity contribution in [3.05, 3.63) is 23.8 Å². The van der Waals surface area contributed by atoms with Crippen molar-refractivity contribution in [2.45, 2.75) is 19.4 Å². The molecule has 0 N–H and O–H groups in total. The molecule has 1 aromatic rings. The molecular formula is C16H23NO4. The molecule has 0 aliphatic carbocycles. The van der Waals surface area contributed by atoms with Crippen LogP contribution in [0, 0.1) is 0 Å². The van der Waals surface area contributed by atoms with E-state index < -0.39 is 0 Å². The van der Waals surface area contributed by atoms with Crippen molar-refractivity contribution >= 4 is 6.29 Å². The highest BCUT2D eigenvalue weighted by Gasteiger charge is 2.16. The van der Waals surface area contributed by atoms with Gasteiger partial charge >= 0.3 is 0 Å². The molecule has 1 aliphatic rings. The van der Waals surface area contributed by atoms with Crippen molar-refractivity contribution < 1.29 is 19.0 Å². The predicted molar refractivity (Wildman–Crippen MR) is 80.3 cm³/mol. The van der Waals surface area contributed by atoms with E-state index in [0.29, 0.717) is 17.1 Å². The number of methoxy groups -OCH3 is 1. The number of morpholine rings is 1. The van der Waals surface area contributed by atoms with Crippen LogP contribution in [0.25, 0.3) is 0 Å². The first-order chi connectivity index (χ1) is 10.2. The first-order valence-corrected chi connectivity index (χ1v) is 7.33. The number of para-hydroxylation sites is 1. The van der Waals surface area contributed by atoms with Crippen molar-refractivity contribution in [3.63, 3.8) is 0 Å². The van der Waals surface area contributed by atoms with Gasteiger partial charge in [-0.3, -0.25) is 9.69 Å². The van der Waals surface area contributed by atoms with Crippen molar-refractivity contribution in [1.82, 2.24) is 4.90 Å². The van der Waals surface area contributed by atoms with E-state index in [1.165, 1.54) is 0 Å². The quantitative estimate of drug-likeness (QED) is 0.720. The molecule has 0 bridgehead atoms. The minimum Gasteiger partial charge on any atom is -0.493 e. The van der Waals surface area contributed by atoms with E-state index >= 15 is 0 Å². The monoisotopic (exact) mass is 293 g/mol. The number of carbonyl (C=O) groups is 1. The maximum absolute atomic E-state index is 11.1. The fraction of sp³-hybridized carbons (Fsp3) is 0.562. The molecule has 0 radical (unpaired) electrons. The molecular weight excluding hydrogens is 270 g/mol. The Morgan fingerprint density at radius 1 is 1.38 bits per heavy atom. The number of benzene rings is 1. The Kier molecular flexibility index (Phi) is 6.02. The Labute approximate surface area is 125 Å². The molecule has 1 unspecified atom stereocenters. The van der Waals surface area contributed by atoms with Crippen LogP contribution in [-0.2, 0) is 4.74 Å². The Balaban J connectivity index is 1.92. The van der Waals surface area contributed by atoms with Gasteiger partial charge in [0, 0.05) is 19.6 Å². The molecule has 0 amide bonds. The third kappa shape index (κ3) is 4.44. The minimum absolute atomic E-state index is 0.0165. The van der Waals surface area contributed by atoms with Crippen LogP contribution in [0.2, 0.25) is 0 Å². The van der Waals surface area contributed by atoms with E-state index in [1.54, 1.807) is 25.3 Å². The first kappa shape index (κ1) is 15.8. The van der Waals surface area contributed by atoms with E-state index in [-0.39, 0.29) is 6.10 Å².